The maximum absolute atomic E-state index is 11.2. The minimum absolute atomic E-state index is 0.303. The van der Waals surface area contributed by atoms with E-state index in [1.54, 1.807) is 19.9 Å². The molecule has 1 aromatic carbocycles. The maximum atomic E-state index is 11.2. The third-order valence-electron chi connectivity index (χ3n) is 5.96. The van der Waals surface area contributed by atoms with E-state index in [1.807, 2.05) is 12.1 Å². The summed E-state index contributed by atoms with van der Waals surface area (Å²) in [7, 11) is 0. The summed E-state index contributed by atoms with van der Waals surface area (Å²) in [5.41, 5.74) is 0.890. The fraction of sp³-hybridized carbons (Fsp3) is 0.636. The molecule has 0 aliphatic heterocycles. The van der Waals surface area contributed by atoms with E-state index in [2.05, 4.69) is 0 Å². The lowest BCUT2D eigenvalue weighted by Crippen LogP contribution is -2.23. The Kier molecular flexibility index (Phi) is 6.90. The zero-order chi connectivity index (χ0) is 20.1. The summed E-state index contributed by atoms with van der Waals surface area (Å²) in [5.74, 6) is -1.14. The first-order chi connectivity index (χ1) is 12.7. The van der Waals surface area contributed by atoms with Gasteiger partial charge in [0.2, 0.25) is 0 Å². The molecule has 1 saturated carbocycles. The summed E-state index contributed by atoms with van der Waals surface area (Å²) in [5, 5.41) is 28.7. The second-order valence-electron chi connectivity index (χ2n) is 8.60. The van der Waals surface area contributed by atoms with Gasteiger partial charge in [0, 0.05) is 0 Å². The van der Waals surface area contributed by atoms with E-state index >= 15 is 0 Å². The van der Waals surface area contributed by atoms with Gasteiger partial charge in [-0.1, -0.05) is 25.0 Å². The molecule has 1 aliphatic rings. The lowest BCUT2D eigenvalue weighted by atomic mass is 9.86. The van der Waals surface area contributed by atoms with Gasteiger partial charge < -0.3 is 15.3 Å². The number of aromatic hydroxyl groups is 1. The summed E-state index contributed by atoms with van der Waals surface area (Å²) in [4.78, 5) is 22.4. The first-order valence-corrected chi connectivity index (χ1v) is 9.94. The molecule has 0 atom stereocenters. The minimum Gasteiger partial charge on any atom is -0.508 e. The van der Waals surface area contributed by atoms with Crippen LogP contribution in [0.4, 0.5) is 0 Å². The van der Waals surface area contributed by atoms with Crippen LogP contribution in [-0.2, 0) is 22.4 Å². The number of unbranched alkanes of at least 4 members (excludes halogenated alkanes) is 2. The molecule has 0 radical (unpaired) electrons. The van der Waals surface area contributed by atoms with Crippen LogP contribution in [0.3, 0.4) is 0 Å². The van der Waals surface area contributed by atoms with Crippen molar-refractivity contribution in [2.45, 2.75) is 78.1 Å². The molecule has 3 N–H and O–H groups in total. The van der Waals surface area contributed by atoms with Crippen molar-refractivity contribution in [1.82, 2.24) is 0 Å². The minimum atomic E-state index is -0.768. The lowest BCUT2D eigenvalue weighted by Gasteiger charge is -2.19. The average Bonchev–Trinajstić information content (AvgIpc) is 3.38. The van der Waals surface area contributed by atoms with E-state index in [0.29, 0.717) is 12.2 Å². The molecule has 1 fully saturated rings. The predicted octanol–water partition coefficient (Wildman–Crippen LogP) is 4.79. The quantitative estimate of drug-likeness (QED) is 0.456. The second-order valence-corrected chi connectivity index (χ2v) is 8.60. The topological polar surface area (TPSA) is 94.8 Å². The van der Waals surface area contributed by atoms with Crippen LogP contribution >= 0.6 is 0 Å². The Bertz CT molecular complexity index is 673. The largest absolute Gasteiger partial charge is 0.508 e. The molecule has 1 aliphatic carbocycles. The van der Waals surface area contributed by atoms with Gasteiger partial charge in [0.15, 0.2) is 0 Å². The Morgan fingerprint density at radius 2 is 1.70 bits per heavy atom. The molecule has 0 aromatic heterocycles. The molecular formula is C22H32O5. The van der Waals surface area contributed by atoms with Gasteiger partial charge in [-0.25, -0.2) is 0 Å². The third kappa shape index (κ3) is 5.72. The number of hydrogen-bond acceptors (Lipinski definition) is 3. The predicted molar refractivity (Wildman–Crippen MR) is 104 cm³/mol. The van der Waals surface area contributed by atoms with Crippen molar-refractivity contribution in [1.29, 1.82) is 0 Å². The standard InChI is InChI=1S/C22H32O5/c1-21(2,19(24)25)12-5-3-8-16-9-7-11-18(23)17(16)10-4-6-13-22(14-15-22)20(26)27/h7,9,11,23H,3-6,8,10,12-15H2,1-2H3,(H,24,25)(H,26,27). The van der Waals surface area contributed by atoms with E-state index in [0.717, 1.165) is 68.9 Å². The Morgan fingerprint density at radius 1 is 1.04 bits per heavy atom. The van der Waals surface area contributed by atoms with Crippen LogP contribution in [0, 0.1) is 10.8 Å². The first kappa shape index (κ1) is 21.3. The van der Waals surface area contributed by atoms with Crippen molar-refractivity contribution >= 4 is 11.9 Å². The van der Waals surface area contributed by atoms with Crippen LogP contribution < -0.4 is 0 Å². The SMILES string of the molecule is CC(C)(CCCCc1cccc(O)c1CCCCC1(C(=O)O)CC1)C(=O)O. The monoisotopic (exact) mass is 376 g/mol. The summed E-state index contributed by atoms with van der Waals surface area (Å²) in [6.45, 7) is 3.50. The second kappa shape index (κ2) is 8.77. The van der Waals surface area contributed by atoms with E-state index in [1.165, 1.54) is 0 Å². The fourth-order valence-corrected chi connectivity index (χ4v) is 3.62. The number of carboxylic acids is 2. The summed E-state index contributed by atoms with van der Waals surface area (Å²) in [6, 6.07) is 5.57. The zero-order valence-corrected chi connectivity index (χ0v) is 16.5. The molecule has 150 valence electrons. The molecule has 1 aromatic rings. The molecule has 0 heterocycles. The molecule has 5 heteroatoms. The van der Waals surface area contributed by atoms with Crippen LogP contribution in [0.25, 0.3) is 0 Å². The van der Waals surface area contributed by atoms with Crippen molar-refractivity contribution in [3.05, 3.63) is 29.3 Å². The number of phenolic OH excluding ortho intramolecular Hbond substituents is 1. The van der Waals surface area contributed by atoms with Crippen molar-refractivity contribution in [2.75, 3.05) is 0 Å². The third-order valence-corrected chi connectivity index (χ3v) is 5.96. The number of hydrogen-bond donors (Lipinski definition) is 3. The molecule has 0 amide bonds. The number of phenols is 1. The normalized spacial score (nSPS) is 15.5. The summed E-state index contributed by atoms with van der Waals surface area (Å²) >= 11 is 0. The molecule has 0 unspecified atom stereocenters. The number of carbonyl (C=O) groups is 2. The van der Waals surface area contributed by atoms with Gasteiger partial charge >= 0.3 is 11.9 Å². The van der Waals surface area contributed by atoms with Crippen LogP contribution in [0.2, 0.25) is 0 Å². The molecule has 0 saturated heterocycles. The van der Waals surface area contributed by atoms with Crippen molar-refractivity contribution in [2.24, 2.45) is 10.8 Å². The van der Waals surface area contributed by atoms with Gasteiger partial charge in [-0.3, -0.25) is 9.59 Å². The number of carboxylic acid groups (broad SMARTS) is 2. The van der Waals surface area contributed by atoms with Crippen LogP contribution in [0.15, 0.2) is 18.2 Å². The first-order valence-electron chi connectivity index (χ1n) is 9.94. The molecule has 0 spiro atoms. The summed E-state index contributed by atoms with van der Waals surface area (Å²) < 4.78 is 0. The average molecular weight is 376 g/mol. The number of aliphatic carboxylic acids is 2. The molecule has 5 nitrogen and oxygen atoms in total. The van der Waals surface area contributed by atoms with Crippen LogP contribution in [-0.4, -0.2) is 27.3 Å². The van der Waals surface area contributed by atoms with E-state index in [-0.39, 0.29) is 0 Å². The highest BCUT2D eigenvalue weighted by Gasteiger charge is 2.49. The highest BCUT2D eigenvalue weighted by molar-refractivity contribution is 5.77. The van der Waals surface area contributed by atoms with E-state index < -0.39 is 22.8 Å². The van der Waals surface area contributed by atoms with Crippen LogP contribution in [0.1, 0.15) is 76.3 Å². The lowest BCUT2D eigenvalue weighted by molar-refractivity contribution is -0.147. The van der Waals surface area contributed by atoms with Gasteiger partial charge in [0.05, 0.1) is 10.8 Å². The summed E-state index contributed by atoms with van der Waals surface area (Å²) in [6.07, 6.45) is 7.93. The van der Waals surface area contributed by atoms with Gasteiger partial charge in [-0.05, 0) is 82.4 Å². The molecule has 0 bridgehead atoms. The van der Waals surface area contributed by atoms with Crippen molar-refractivity contribution in [3.8, 4) is 5.75 Å². The Morgan fingerprint density at radius 3 is 2.30 bits per heavy atom. The van der Waals surface area contributed by atoms with Gasteiger partial charge in [0.25, 0.3) is 0 Å². The number of rotatable bonds is 12. The Hall–Kier alpha value is -2.04. The van der Waals surface area contributed by atoms with Crippen molar-refractivity contribution in [3.63, 3.8) is 0 Å². The number of aryl methyl sites for hydroxylation is 1. The highest BCUT2D eigenvalue weighted by Crippen LogP contribution is 2.50. The Balaban J connectivity index is 1.82. The smallest absolute Gasteiger partial charge is 0.309 e. The van der Waals surface area contributed by atoms with Crippen molar-refractivity contribution < 1.29 is 24.9 Å². The number of benzene rings is 1. The van der Waals surface area contributed by atoms with Gasteiger partial charge in [0.1, 0.15) is 5.75 Å². The molecule has 2 rings (SSSR count). The van der Waals surface area contributed by atoms with Gasteiger partial charge in [-0.2, -0.15) is 0 Å². The highest BCUT2D eigenvalue weighted by atomic mass is 16.4. The fourth-order valence-electron chi connectivity index (χ4n) is 3.62. The molecule has 27 heavy (non-hydrogen) atoms. The van der Waals surface area contributed by atoms with Crippen LogP contribution in [0.5, 0.6) is 5.75 Å². The van der Waals surface area contributed by atoms with E-state index in [4.69, 9.17) is 0 Å². The van der Waals surface area contributed by atoms with E-state index in [9.17, 15) is 24.9 Å². The van der Waals surface area contributed by atoms with Gasteiger partial charge in [-0.15, -0.1) is 0 Å². The molecular weight excluding hydrogens is 344 g/mol. The zero-order valence-electron chi connectivity index (χ0n) is 16.5. The maximum Gasteiger partial charge on any atom is 0.309 e. The Labute approximate surface area is 161 Å².